The Balaban J connectivity index is 3.33. The third-order valence-corrected chi connectivity index (χ3v) is 2.43. The fraction of sp³-hybridized carbons (Fsp3) is 0.500. The van der Waals surface area contributed by atoms with E-state index in [2.05, 4.69) is 26.1 Å². The molecule has 0 atom stereocenters. The van der Waals surface area contributed by atoms with E-state index in [0.29, 0.717) is 4.47 Å². The Morgan fingerprint density at radius 2 is 1.92 bits per heavy atom. The maximum absolute atomic E-state index is 12.9. The first-order valence-corrected chi connectivity index (χ1v) is 4.51. The molecule has 0 aliphatic rings. The minimum Gasteiger partial charge on any atom is -0.182 e. The van der Waals surface area contributed by atoms with E-state index in [1.165, 1.54) is 0 Å². The highest BCUT2D eigenvalue weighted by molar-refractivity contribution is 9.10. The van der Waals surface area contributed by atoms with Gasteiger partial charge in [-0.3, -0.25) is 0 Å². The highest BCUT2D eigenvalue weighted by atomic mass is 79.9. The predicted molar refractivity (Wildman–Crippen MR) is 48.5 cm³/mol. The number of hydrogen-bond donors (Lipinski definition) is 0. The summed E-state index contributed by atoms with van der Waals surface area (Å²) in [7, 11) is 0. The molecule has 0 N–H and O–H groups in total. The van der Waals surface area contributed by atoms with Crippen molar-refractivity contribution < 1.29 is 4.39 Å². The molecule has 0 spiro atoms. The van der Waals surface area contributed by atoms with Crippen LogP contribution in [0, 0.1) is 12.9 Å². The molecule has 0 saturated heterocycles. The predicted octanol–water partition coefficient (Wildman–Crippen LogP) is 2.81. The van der Waals surface area contributed by atoms with Gasteiger partial charge in [0.1, 0.15) is 0 Å². The number of aryl methyl sites for hydroxylation is 1. The van der Waals surface area contributed by atoms with Crippen molar-refractivity contribution in [3.8, 4) is 0 Å². The summed E-state index contributed by atoms with van der Waals surface area (Å²) < 4.78 is 13.3. The monoisotopic (exact) mass is 232 g/mol. The Hall–Kier alpha value is -0.510. The van der Waals surface area contributed by atoms with Crippen molar-refractivity contribution in [1.29, 1.82) is 0 Å². The van der Waals surface area contributed by atoms with Crippen LogP contribution in [0.1, 0.15) is 31.0 Å². The van der Waals surface area contributed by atoms with Crippen LogP contribution in [0.5, 0.6) is 0 Å². The number of rotatable bonds is 1. The van der Waals surface area contributed by atoms with Gasteiger partial charge in [-0.15, -0.1) is 5.10 Å². The smallest absolute Gasteiger partial charge is 0.182 e. The fourth-order valence-corrected chi connectivity index (χ4v) is 1.98. The highest BCUT2D eigenvalue weighted by Gasteiger charge is 2.13. The van der Waals surface area contributed by atoms with Crippen LogP contribution in [0.2, 0.25) is 0 Å². The maximum atomic E-state index is 12.9. The van der Waals surface area contributed by atoms with Gasteiger partial charge in [-0.25, -0.2) is 0 Å². The molecule has 2 nitrogen and oxygen atoms in total. The molecule has 4 heteroatoms. The Morgan fingerprint density at radius 1 is 1.33 bits per heavy atom. The van der Waals surface area contributed by atoms with Gasteiger partial charge in [-0.2, -0.15) is 9.49 Å². The summed E-state index contributed by atoms with van der Waals surface area (Å²) in [5, 5.41) is 7.06. The van der Waals surface area contributed by atoms with Crippen molar-refractivity contribution in [3.05, 3.63) is 21.7 Å². The Labute approximate surface area is 79.3 Å². The standard InChI is InChI=1S/C8H10BrFN2/c1-4(2)6-5(3)11-12-8(10)7(6)9/h4H,1-3H3. The lowest BCUT2D eigenvalue weighted by Gasteiger charge is -2.09. The molecular weight excluding hydrogens is 223 g/mol. The van der Waals surface area contributed by atoms with Gasteiger partial charge < -0.3 is 0 Å². The zero-order valence-electron chi connectivity index (χ0n) is 7.23. The van der Waals surface area contributed by atoms with E-state index in [4.69, 9.17) is 0 Å². The largest absolute Gasteiger partial charge is 0.247 e. The molecule has 0 radical (unpaired) electrons. The molecule has 66 valence electrons. The molecule has 1 aromatic heterocycles. The van der Waals surface area contributed by atoms with E-state index in [1.54, 1.807) is 0 Å². The number of halogens is 2. The summed E-state index contributed by atoms with van der Waals surface area (Å²) in [6.07, 6.45) is 0. The third-order valence-electron chi connectivity index (χ3n) is 1.67. The van der Waals surface area contributed by atoms with Gasteiger partial charge in [-0.1, -0.05) is 13.8 Å². The molecule has 0 aliphatic heterocycles. The van der Waals surface area contributed by atoms with E-state index in [0.717, 1.165) is 11.3 Å². The normalized spacial score (nSPS) is 10.8. The molecule has 0 fully saturated rings. The minimum atomic E-state index is -0.538. The molecular formula is C8H10BrFN2. The minimum absolute atomic E-state index is 0.254. The third kappa shape index (κ3) is 1.63. The van der Waals surface area contributed by atoms with Crippen LogP contribution >= 0.6 is 15.9 Å². The molecule has 0 amide bonds. The number of hydrogen-bond acceptors (Lipinski definition) is 2. The maximum Gasteiger partial charge on any atom is 0.247 e. The second-order valence-corrected chi connectivity index (χ2v) is 3.75. The van der Waals surface area contributed by atoms with Crippen LogP contribution < -0.4 is 0 Å². The van der Waals surface area contributed by atoms with Crippen LogP contribution in [0.3, 0.4) is 0 Å². The lowest BCUT2D eigenvalue weighted by atomic mass is 10.0. The Bertz CT molecular complexity index is 299. The van der Waals surface area contributed by atoms with Gasteiger partial charge in [-0.05, 0) is 34.3 Å². The van der Waals surface area contributed by atoms with Gasteiger partial charge in [0.05, 0.1) is 10.2 Å². The van der Waals surface area contributed by atoms with Crippen LogP contribution in [0.4, 0.5) is 4.39 Å². The van der Waals surface area contributed by atoms with Gasteiger partial charge in [0.2, 0.25) is 5.95 Å². The van der Waals surface area contributed by atoms with Crippen molar-refractivity contribution in [1.82, 2.24) is 10.2 Å². The van der Waals surface area contributed by atoms with Gasteiger partial charge in [0.25, 0.3) is 0 Å². The highest BCUT2D eigenvalue weighted by Crippen LogP contribution is 2.27. The second kappa shape index (κ2) is 3.47. The summed E-state index contributed by atoms with van der Waals surface area (Å²) in [5.74, 6) is -0.284. The molecule has 12 heavy (non-hydrogen) atoms. The molecule has 1 rings (SSSR count). The second-order valence-electron chi connectivity index (χ2n) is 2.96. The molecule has 1 aromatic rings. The molecule has 0 aromatic carbocycles. The van der Waals surface area contributed by atoms with Crippen molar-refractivity contribution in [2.45, 2.75) is 26.7 Å². The van der Waals surface area contributed by atoms with Gasteiger partial charge >= 0.3 is 0 Å². The molecule has 1 heterocycles. The van der Waals surface area contributed by atoms with E-state index in [9.17, 15) is 4.39 Å². The summed E-state index contributed by atoms with van der Waals surface area (Å²) in [6.45, 7) is 5.81. The Kier molecular flexibility index (Phi) is 2.77. The van der Waals surface area contributed by atoms with Gasteiger partial charge in [0, 0.05) is 0 Å². The first-order valence-electron chi connectivity index (χ1n) is 3.72. The molecule has 0 saturated carbocycles. The fourth-order valence-electron chi connectivity index (χ4n) is 1.16. The molecule has 0 bridgehead atoms. The first-order chi connectivity index (χ1) is 5.54. The summed E-state index contributed by atoms with van der Waals surface area (Å²) >= 11 is 3.15. The summed E-state index contributed by atoms with van der Waals surface area (Å²) in [6, 6.07) is 0. The van der Waals surface area contributed by atoms with E-state index in [1.807, 2.05) is 20.8 Å². The SMILES string of the molecule is Cc1nnc(F)c(Br)c1C(C)C. The van der Waals surface area contributed by atoms with Crippen molar-refractivity contribution in [2.24, 2.45) is 0 Å². The molecule has 0 aliphatic carbocycles. The summed E-state index contributed by atoms with van der Waals surface area (Å²) in [4.78, 5) is 0. The average molecular weight is 233 g/mol. The first kappa shape index (κ1) is 9.58. The lowest BCUT2D eigenvalue weighted by molar-refractivity contribution is 0.546. The van der Waals surface area contributed by atoms with Gasteiger partial charge in [0.15, 0.2) is 0 Å². The van der Waals surface area contributed by atoms with Crippen molar-refractivity contribution >= 4 is 15.9 Å². The quantitative estimate of drug-likeness (QED) is 0.745. The zero-order valence-corrected chi connectivity index (χ0v) is 8.81. The van der Waals surface area contributed by atoms with E-state index >= 15 is 0 Å². The topological polar surface area (TPSA) is 25.8 Å². The van der Waals surface area contributed by atoms with Crippen LogP contribution in [-0.2, 0) is 0 Å². The van der Waals surface area contributed by atoms with Crippen molar-refractivity contribution in [3.63, 3.8) is 0 Å². The van der Waals surface area contributed by atoms with Crippen LogP contribution in [0.15, 0.2) is 4.47 Å². The van der Waals surface area contributed by atoms with Crippen molar-refractivity contribution in [2.75, 3.05) is 0 Å². The van der Waals surface area contributed by atoms with Crippen LogP contribution in [-0.4, -0.2) is 10.2 Å². The number of aromatic nitrogens is 2. The number of nitrogens with zero attached hydrogens (tertiary/aromatic N) is 2. The lowest BCUT2D eigenvalue weighted by Crippen LogP contribution is -2.02. The zero-order chi connectivity index (χ0) is 9.30. The van der Waals surface area contributed by atoms with E-state index in [-0.39, 0.29) is 5.92 Å². The van der Waals surface area contributed by atoms with E-state index < -0.39 is 5.95 Å². The molecule has 0 unspecified atom stereocenters. The summed E-state index contributed by atoms with van der Waals surface area (Å²) in [5.41, 5.74) is 1.67. The Morgan fingerprint density at radius 3 is 2.33 bits per heavy atom. The van der Waals surface area contributed by atoms with Crippen LogP contribution in [0.25, 0.3) is 0 Å². The average Bonchev–Trinajstić information content (AvgIpc) is 1.97.